The standard InChI is InChI=1S/C8H10FN3O/c1-5(13)12-8-4-6(9)2-3-7(8)10-11-12/h2,7-8H,3-4H2,1H3/t7-,8?/m1/s1. The van der Waals surface area contributed by atoms with E-state index in [1.165, 1.54) is 18.0 Å². The molecule has 2 aliphatic rings. The first-order valence-corrected chi connectivity index (χ1v) is 4.23. The van der Waals surface area contributed by atoms with Gasteiger partial charge >= 0.3 is 0 Å². The maximum atomic E-state index is 12.9. The van der Waals surface area contributed by atoms with Crippen LogP contribution < -0.4 is 0 Å². The number of fused-ring (bicyclic) bond motifs is 1. The van der Waals surface area contributed by atoms with Gasteiger partial charge in [-0.2, -0.15) is 5.11 Å². The first-order valence-electron chi connectivity index (χ1n) is 4.23. The maximum absolute atomic E-state index is 12.9. The number of halogens is 1. The summed E-state index contributed by atoms with van der Waals surface area (Å²) in [7, 11) is 0. The van der Waals surface area contributed by atoms with Crippen LogP contribution in [0.25, 0.3) is 0 Å². The van der Waals surface area contributed by atoms with Gasteiger partial charge < -0.3 is 0 Å². The molecule has 4 nitrogen and oxygen atoms in total. The van der Waals surface area contributed by atoms with Crippen molar-refractivity contribution in [2.45, 2.75) is 31.8 Å². The van der Waals surface area contributed by atoms with Crippen molar-refractivity contribution in [1.29, 1.82) is 0 Å². The monoisotopic (exact) mass is 183 g/mol. The molecule has 1 heterocycles. The zero-order chi connectivity index (χ0) is 9.42. The highest BCUT2D eigenvalue weighted by Gasteiger charge is 2.37. The van der Waals surface area contributed by atoms with Crippen LogP contribution in [0.4, 0.5) is 4.39 Å². The predicted octanol–water partition coefficient (Wildman–Crippen LogP) is 1.60. The highest BCUT2D eigenvalue weighted by molar-refractivity contribution is 5.73. The summed E-state index contributed by atoms with van der Waals surface area (Å²) in [5.74, 6) is -0.342. The van der Waals surface area contributed by atoms with Crippen molar-refractivity contribution >= 4 is 5.91 Å². The molecule has 0 bridgehead atoms. The van der Waals surface area contributed by atoms with E-state index in [-0.39, 0.29) is 30.2 Å². The van der Waals surface area contributed by atoms with Gasteiger partial charge in [-0.3, -0.25) is 4.79 Å². The van der Waals surface area contributed by atoms with E-state index < -0.39 is 0 Å². The highest BCUT2D eigenvalue weighted by atomic mass is 19.1. The Hall–Kier alpha value is -1.26. The van der Waals surface area contributed by atoms with Crippen molar-refractivity contribution in [3.05, 3.63) is 11.9 Å². The van der Waals surface area contributed by atoms with Gasteiger partial charge in [0.15, 0.2) is 0 Å². The van der Waals surface area contributed by atoms with Gasteiger partial charge in [-0.15, -0.1) is 0 Å². The third kappa shape index (κ3) is 1.34. The van der Waals surface area contributed by atoms with Crippen LogP contribution in [0, 0.1) is 0 Å². The fraction of sp³-hybridized carbons (Fsp3) is 0.625. The zero-order valence-electron chi connectivity index (χ0n) is 7.27. The summed E-state index contributed by atoms with van der Waals surface area (Å²) in [6.07, 6.45) is 2.31. The van der Waals surface area contributed by atoms with E-state index in [4.69, 9.17) is 0 Å². The molecule has 5 heteroatoms. The lowest BCUT2D eigenvalue weighted by Gasteiger charge is -2.24. The molecule has 0 saturated heterocycles. The molecular formula is C8H10FN3O. The molecule has 1 unspecified atom stereocenters. The first kappa shape index (κ1) is 8.34. The lowest BCUT2D eigenvalue weighted by atomic mass is 9.96. The minimum atomic E-state index is -0.192. The molecule has 0 aromatic carbocycles. The maximum Gasteiger partial charge on any atom is 0.241 e. The molecule has 1 amide bonds. The summed E-state index contributed by atoms with van der Waals surface area (Å²) in [4.78, 5) is 11.0. The van der Waals surface area contributed by atoms with Gasteiger partial charge in [-0.25, -0.2) is 9.40 Å². The average Bonchev–Trinajstić information content (AvgIpc) is 2.46. The molecule has 13 heavy (non-hydrogen) atoms. The predicted molar refractivity (Wildman–Crippen MR) is 43.4 cm³/mol. The number of nitrogens with zero attached hydrogens (tertiary/aromatic N) is 3. The Morgan fingerprint density at radius 2 is 2.54 bits per heavy atom. The van der Waals surface area contributed by atoms with Gasteiger partial charge in [0.2, 0.25) is 5.91 Å². The number of amides is 1. The van der Waals surface area contributed by atoms with Gasteiger partial charge in [-0.05, 0) is 6.42 Å². The van der Waals surface area contributed by atoms with E-state index in [0.717, 1.165) is 0 Å². The molecule has 0 saturated carbocycles. The van der Waals surface area contributed by atoms with E-state index in [1.807, 2.05) is 0 Å². The molecule has 0 fully saturated rings. The van der Waals surface area contributed by atoms with Crippen molar-refractivity contribution < 1.29 is 9.18 Å². The number of hydrogen-bond acceptors (Lipinski definition) is 3. The fourth-order valence-electron chi connectivity index (χ4n) is 1.68. The molecule has 1 aliphatic carbocycles. The van der Waals surface area contributed by atoms with Gasteiger partial charge in [0.1, 0.15) is 0 Å². The van der Waals surface area contributed by atoms with E-state index >= 15 is 0 Å². The molecule has 0 N–H and O–H groups in total. The quantitative estimate of drug-likeness (QED) is 0.562. The number of rotatable bonds is 0. The largest absolute Gasteiger partial charge is 0.273 e. The molecule has 0 spiro atoms. The van der Waals surface area contributed by atoms with Crippen LogP contribution in [0.15, 0.2) is 22.2 Å². The second-order valence-electron chi connectivity index (χ2n) is 3.29. The Balaban J connectivity index is 2.18. The smallest absolute Gasteiger partial charge is 0.241 e. The zero-order valence-corrected chi connectivity index (χ0v) is 7.27. The molecule has 70 valence electrons. The normalized spacial score (nSPS) is 31.5. The third-order valence-electron chi connectivity index (χ3n) is 2.36. The Bertz CT molecular complexity index is 300. The van der Waals surface area contributed by atoms with Crippen molar-refractivity contribution in [2.24, 2.45) is 10.3 Å². The Kier molecular flexibility index (Phi) is 1.86. The van der Waals surface area contributed by atoms with Gasteiger partial charge in [0, 0.05) is 13.3 Å². The van der Waals surface area contributed by atoms with E-state index in [0.29, 0.717) is 6.42 Å². The summed E-state index contributed by atoms with van der Waals surface area (Å²) in [5, 5.41) is 8.91. The van der Waals surface area contributed by atoms with Crippen LogP contribution in [0.3, 0.4) is 0 Å². The fourth-order valence-corrected chi connectivity index (χ4v) is 1.68. The topological polar surface area (TPSA) is 45.0 Å². The number of hydrogen-bond donors (Lipinski definition) is 0. The minimum absolute atomic E-state index is 0.0385. The number of carbonyl (C=O) groups excluding carboxylic acids is 1. The summed E-state index contributed by atoms with van der Waals surface area (Å²) < 4.78 is 12.9. The molecule has 1 aliphatic heterocycles. The van der Waals surface area contributed by atoms with Crippen LogP contribution in [-0.2, 0) is 4.79 Å². The summed E-state index contributed by atoms with van der Waals surface area (Å²) in [6.45, 7) is 1.41. The molecule has 0 aromatic rings. The lowest BCUT2D eigenvalue weighted by Crippen LogP contribution is -2.38. The Morgan fingerprint density at radius 1 is 1.77 bits per heavy atom. The average molecular weight is 183 g/mol. The van der Waals surface area contributed by atoms with Crippen molar-refractivity contribution in [3.63, 3.8) is 0 Å². The van der Waals surface area contributed by atoms with Gasteiger partial charge in [0.05, 0.1) is 17.9 Å². The second-order valence-corrected chi connectivity index (χ2v) is 3.29. The molecular weight excluding hydrogens is 173 g/mol. The molecule has 2 rings (SSSR count). The van der Waals surface area contributed by atoms with Crippen LogP contribution in [0.1, 0.15) is 19.8 Å². The SMILES string of the molecule is CC(=O)N1N=N[C@@H]2CC=C(F)CC21. The van der Waals surface area contributed by atoms with Crippen LogP contribution in [0.5, 0.6) is 0 Å². The lowest BCUT2D eigenvalue weighted by molar-refractivity contribution is -0.130. The van der Waals surface area contributed by atoms with Crippen molar-refractivity contribution in [1.82, 2.24) is 5.01 Å². The second kappa shape index (κ2) is 2.90. The van der Waals surface area contributed by atoms with E-state index in [2.05, 4.69) is 10.3 Å². The molecule has 0 radical (unpaired) electrons. The minimum Gasteiger partial charge on any atom is -0.273 e. The third-order valence-corrected chi connectivity index (χ3v) is 2.36. The number of carbonyl (C=O) groups is 1. The van der Waals surface area contributed by atoms with E-state index in [9.17, 15) is 9.18 Å². The highest BCUT2D eigenvalue weighted by Crippen LogP contribution is 2.30. The summed E-state index contributed by atoms with van der Waals surface area (Å²) in [5.41, 5.74) is 0. The molecule has 0 aromatic heterocycles. The first-order chi connectivity index (χ1) is 6.18. The van der Waals surface area contributed by atoms with Crippen molar-refractivity contribution in [2.75, 3.05) is 0 Å². The van der Waals surface area contributed by atoms with E-state index in [1.54, 1.807) is 0 Å². The Morgan fingerprint density at radius 3 is 3.23 bits per heavy atom. The molecule has 2 atom stereocenters. The van der Waals surface area contributed by atoms with Crippen LogP contribution in [0.2, 0.25) is 0 Å². The summed E-state index contributed by atoms with van der Waals surface area (Å²) in [6, 6.07) is -0.231. The Labute approximate surface area is 75.1 Å². The van der Waals surface area contributed by atoms with Gasteiger partial charge in [0.25, 0.3) is 0 Å². The van der Waals surface area contributed by atoms with Gasteiger partial charge in [-0.1, -0.05) is 11.3 Å². The van der Waals surface area contributed by atoms with Crippen LogP contribution in [-0.4, -0.2) is 23.0 Å². The van der Waals surface area contributed by atoms with Crippen molar-refractivity contribution in [3.8, 4) is 0 Å². The van der Waals surface area contributed by atoms with Crippen LogP contribution >= 0.6 is 0 Å². The summed E-state index contributed by atoms with van der Waals surface area (Å²) >= 11 is 0.